The summed E-state index contributed by atoms with van der Waals surface area (Å²) >= 11 is 0. The Morgan fingerprint density at radius 2 is 2.04 bits per heavy atom. The fraction of sp³-hybridized carbons (Fsp3) is 0.471. The van der Waals surface area contributed by atoms with E-state index in [1.807, 2.05) is 37.3 Å². The lowest BCUT2D eigenvalue weighted by Gasteiger charge is -2.30. The normalized spacial score (nSPS) is 15.6. The Labute approximate surface area is 135 Å². The quantitative estimate of drug-likeness (QED) is 0.867. The van der Waals surface area contributed by atoms with Gasteiger partial charge in [0.1, 0.15) is 6.61 Å². The van der Waals surface area contributed by atoms with Crippen LogP contribution in [0, 0.1) is 12.8 Å². The topological polar surface area (TPSA) is 68.5 Å². The van der Waals surface area contributed by atoms with E-state index in [2.05, 4.69) is 10.1 Å². The van der Waals surface area contributed by atoms with Gasteiger partial charge >= 0.3 is 6.09 Å². The van der Waals surface area contributed by atoms with Gasteiger partial charge in [0.25, 0.3) is 0 Å². The molecule has 0 atom stereocenters. The Balaban J connectivity index is 1.42. The highest BCUT2D eigenvalue weighted by Crippen LogP contribution is 2.21. The van der Waals surface area contributed by atoms with Crippen molar-refractivity contribution in [2.75, 3.05) is 13.1 Å². The molecule has 0 radical (unpaired) electrons. The summed E-state index contributed by atoms with van der Waals surface area (Å²) in [6, 6.07) is 9.72. The molecule has 6 nitrogen and oxygen atoms in total. The summed E-state index contributed by atoms with van der Waals surface area (Å²) in [6.45, 7) is 3.57. The Morgan fingerprint density at radius 3 is 2.70 bits per heavy atom. The number of hydrogen-bond donors (Lipinski definition) is 0. The van der Waals surface area contributed by atoms with Crippen LogP contribution in [0.15, 0.2) is 34.9 Å². The zero-order valence-corrected chi connectivity index (χ0v) is 13.3. The second-order valence-electron chi connectivity index (χ2n) is 5.91. The van der Waals surface area contributed by atoms with Gasteiger partial charge in [-0.1, -0.05) is 35.5 Å². The standard InChI is InChI=1S/C17H21N3O3/c1-13-18-16(23-19-13)11-14-7-9-20(10-8-14)17(21)22-12-15-5-3-2-4-6-15/h2-6,14H,7-12H2,1H3. The van der Waals surface area contributed by atoms with Crippen LogP contribution < -0.4 is 0 Å². The Bertz CT molecular complexity index is 634. The van der Waals surface area contributed by atoms with E-state index in [4.69, 9.17) is 9.26 Å². The molecule has 1 aromatic carbocycles. The molecule has 6 heteroatoms. The van der Waals surface area contributed by atoms with E-state index in [0.29, 0.717) is 37.3 Å². The molecule has 1 aromatic heterocycles. The Morgan fingerprint density at radius 1 is 1.30 bits per heavy atom. The van der Waals surface area contributed by atoms with Gasteiger partial charge in [-0.2, -0.15) is 4.98 Å². The number of amides is 1. The summed E-state index contributed by atoms with van der Waals surface area (Å²) in [4.78, 5) is 18.1. The summed E-state index contributed by atoms with van der Waals surface area (Å²) in [5.74, 6) is 1.84. The number of hydrogen-bond acceptors (Lipinski definition) is 5. The minimum Gasteiger partial charge on any atom is -0.445 e. The van der Waals surface area contributed by atoms with Crippen molar-refractivity contribution in [3.05, 3.63) is 47.6 Å². The predicted molar refractivity (Wildman–Crippen MR) is 83.7 cm³/mol. The number of aryl methyl sites for hydroxylation is 1. The van der Waals surface area contributed by atoms with Crippen molar-refractivity contribution < 1.29 is 14.1 Å². The molecule has 0 unspecified atom stereocenters. The van der Waals surface area contributed by atoms with Crippen LogP contribution in [-0.2, 0) is 17.8 Å². The van der Waals surface area contributed by atoms with Crippen LogP contribution in [-0.4, -0.2) is 34.2 Å². The van der Waals surface area contributed by atoms with Crippen LogP contribution in [0.3, 0.4) is 0 Å². The lowest BCUT2D eigenvalue weighted by molar-refractivity contribution is 0.0816. The van der Waals surface area contributed by atoms with Crippen LogP contribution in [0.2, 0.25) is 0 Å². The number of carbonyl (C=O) groups is 1. The molecule has 122 valence electrons. The largest absolute Gasteiger partial charge is 0.445 e. The van der Waals surface area contributed by atoms with E-state index >= 15 is 0 Å². The molecule has 0 aliphatic carbocycles. The van der Waals surface area contributed by atoms with Crippen molar-refractivity contribution in [3.8, 4) is 0 Å². The van der Waals surface area contributed by atoms with Gasteiger partial charge in [0.15, 0.2) is 5.82 Å². The maximum Gasteiger partial charge on any atom is 0.410 e. The van der Waals surface area contributed by atoms with Gasteiger partial charge < -0.3 is 14.2 Å². The number of carbonyl (C=O) groups excluding carboxylic acids is 1. The minimum atomic E-state index is -0.235. The molecule has 2 heterocycles. The Kier molecular flexibility index (Phi) is 4.90. The van der Waals surface area contributed by atoms with E-state index in [-0.39, 0.29) is 6.09 Å². The molecule has 1 aliphatic heterocycles. The molecule has 2 aromatic rings. The fourth-order valence-corrected chi connectivity index (χ4v) is 2.80. The highest BCUT2D eigenvalue weighted by Gasteiger charge is 2.25. The molecule has 1 aliphatic rings. The van der Waals surface area contributed by atoms with Crippen LogP contribution in [0.5, 0.6) is 0 Å². The van der Waals surface area contributed by atoms with E-state index in [9.17, 15) is 4.79 Å². The number of likely N-dealkylation sites (tertiary alicyclic amines) is 1. The first-order valence-corrected chi connectivity index (χ1v) is 7.95. The number of benzene rings is 1. The van der Waals surface area contributed by atoms with E-state index in [0.717, 1.165) is 24.8 Å². The third-order valence-corrected chi connectivity index (χ3v) is 4.11. The molecule has 0 spiro atoms. The second kappa shape index (κ2) is 7.26. The van der Waals surface area contributed by atoms with Gasteiger partial charge in [0.2, 0.25) is 5.89 Å². The van der Waals surface area contributed by atoms with Crippen molar-refractivity contribution in [1.82, 2.24) is 15.0 Å². The van der Waals surface area contributed by atoms with Gasteiger partial charge in [0, 0.05) is 19.5 Å². The number of rotatable bonds is 4. The first kappa shape index (κ1) is 15.5. The fourth-order valence-electron chi connectivity index (χ4n) is 2.80. The first-order valence-electron chi connectivity index (χ1n) is 7.95. The van der Waals surface area contributed by atoms with Gasteiger partial charge in [0.05, 0.1) is 0 Å². The monoisotopic (exact) mass is 315 g/mol. The molecular weight excluding hydrogens is 294 g/mol. The molecule has 1 fully saturated rings. The summed E-state index contributed by atoms with van der Waals surface area (Å²) in [6.07, 6.45) is 2.42. The van der Waals surface area contributed by atoms with Crippen molar-refractivity contribution in [2.24, 2.45) is 5.92 Å². The van der Waals surface area contributed by atoms with Crippen LogP contribution >= 0.6 is 0 Å². The average Bonchev–Trinajstić information content (AvgIpc) is 2.99. The molecule has 0 saturated carbocycles. The van der Waals surface area contributed by atoms with Gasteiger partial charge in [-0.15, -0.1) is 0 Å². The molecular formula is C17H21N3O3. The number of aromatic nitrogens is 2. The molecule has 1 amide bonds. The van der Waals surface area contributed by atoms with Crippen molar-refractivity contribution in [2.45, 2.75) is 32.8 Å². The predicted octanol–water partition coefficient (Wildman–Crippen LogP) is 2.97. The zero-order valence-electron chi connectivity index (χ0n) is 13.3. The first-order chi connectivity index (χ1) is 11.2. The molecule has 3 rings (SSSR count). The summed E-state index contributed by atoms with van der Waals surface area (Å²) in [5.41, 5.74) is 1.00. The number of ether oxygens (including phenoxy) is 1. The highest BCUT2D eigenvalue weighted by molar-refractivity contribution is 5.67. The average molecular weight is 315 g/mol. The smallest absolute Gasteiger partial charge is 0.410 e. The summed E-state index contributed by atoms with van der Waals surface area (Å²) in [7, 11) is 0. The van der Waals surface area contributed by atoms with E-state index in [1.54, 1.807) is 4.90 Å². The lowest BCUT2D eigenvalue weighted by Crippen LogP contribution is -2.39. The third kappa shape index (κ3) is 4.31. The number of piperidine rings is 1. The van der Waals surface area contributed by atoms with Crippen molar-refractivity contribution >= 4 is 6.09 Å². The van der Waals surface area contributed by atoms with Crippen molar-refractivity contribution in [1.29, 1.82) is 0 Å². The highest BCUT2D eigenvalue weighted by atomic mass is 16.6. The van der Waals surface area contributed by atoms with Crippen LogP contribution in [0.25, 0.3) is 0 Å². The SMILES string of the molecule is Cc1noc(CC2CCN(C(=O)OCc3ccccc3)CC2)n1. The molecule has 23 heavy (non-hydrogen) atoms. The van der Waals surface area contributed by atoms with E-state index in [1.165, 1.54) is 0 Å². The maximum atomic E-state index is 12.1. The van der Waals surface area contributed by atoms with Gasteiger partial charge in [-0.05, 0) is 31.2 Å². The zero-order chi connectivity index (χ0) is 16.1. The Hall–Kier alpha value is -2.37. The van der Waals surface area contributed by atoms with Gasteiger partial charge in [-0.25, -0.2) is 4.79 Å². The van der Waals surface area contributed by atoms with E-state index < -0.39 is 0 Å². The van der Waals surface area contributed by atoms with Crippen LogP contribution in [0.1, 0.15) is 30.1 Å². The maximum absolute atomic E-state index is 12.1. The minimum absolute atomic E-state index is 0.235. The van der Waals surface area contributed by atoms with Gasteiger partial charge in [-0.3, -0.25) is 0 Å². The molecule has 0 N–H and O–H groups in total. The molecule has 1 saturated heterocycles. The number of nitrogens with zero attached hydrogens (tertiary/aromatic N) is 3. The summed E-state index contributed by atoms with van der Waals surface area (Å²) < 4.78 is 10.5. The second-order valence-corrected chi connectivity index (χ2v) is 5.91. The van der Waals surface area contributed by atoms with Crippen molar-refractivity contribution in [3.63, 3.8) is 0 Å². The lowest BCUT2D eigenvalue weighted by atomic mass is 9.94. The third-order valence-electron chi connectivity index (χ3n) is 4.11. The molecule has 0 bridgehead atoms. The summed E-state index contributed by atoms with van der Waals surface area (Å²) in [5, 5.41) is 3.81. The van der Waals surface area contributed by atoms with Crippen LogP contribution in [0.4, 0.5) is 4.79 Å².